The Hall–Kier alpha value is -3.20. The molecule has 0 fully saturated rings. The second-order valence-corrected chi connectivity index (χ2v) is 6.96. The van der Waals surface area contributed by atoms with E-state index in [0.717, 1.165) is 4.47 Å². The maximum atomic E-state index is 12.5. The number of hydrogen-bond donors (Lipinski definition) is 3. The number of aromatic amines is 2. The standard InChI is InChI=1S/C18H14BrN5O3/c19-10-1-3-13-12(7-10)17(26)24(9-20-13)6-5-16(25)21-11-2-4-14-15(8-11)23-18(27)22-14/h1-4,7-9H,5-6H2,(H,21,25)(H2,22,23,27). The number of carbonyl (C=O) groups is 1. The second-order valence-electron chi connectivity index (χ2n) is 6.04. The lowest BCUT2D eigenvalue weighted by Gasteiger charge is -2.08. The molecule has 8 nitrogen and oxygen atoms in total. The van der Waals surface area contributed by atoms with E-state index < -0.39 is 0 Å². The van der Waals surface area contributed by atoms with Crippen LogP contribution in [0.3, 0.4) is 0 Å². The van der Waals surface area contributed by atoms with Gasteiger partial charge in [0.05, 0.1) is 28.3 Å². The van der Waals surface area contributed by atoms with E-state index in [2.05, 4.69) is 36.2 Å². The molecule has 0 radical (unpaired) electrons. The van der Waals surface area contributed by atoms with Crippen LogP contribution in [0.2, 0.25) is 0 Å². The number of aromatic nitrogens is 4. The fourth-order valence-corrected chi connectivity index (χ4v) is 3.21. The smallest absolute Gasteiger partial charge is 0.323 e. The molecular formula is C18H14BrN5O3. The zero-order valence-corrected chi connectivity index (χ0v) is 15.5. The molecule has 2 aromatic heterocycles. The van der Waals surface area contributed by atoms with Gasteiger partial charge in [0.2, 0.25) is 5.91 Å². The van der Waals surface area contributed by atoms with Crippen LogP contribution in [0.25, 0.3) is 21.9 Å². The molecule has 136 valence electrons. The van der Waals surface area contributed by atoms with Gasteiger partial charge in [0.25, 0.3) is 5.56 Å². The number of amides is 1. The Bertz CT molecular complexity index is 1290. The summed E-state index contributed by atoms with van der Waals surface area (Å²) in [4.78, 5) is 45.6. The summed E-state index contributed by atoms with van der Waals surface area (Å²) >= 11 is 3.34. The first-order chi connectivity index (χ1) is 13.0. The predicted molar refractivity (Wildman–Crippen MR) is 106 cm³/mol. The number of aryl methyl sites for hydroxylation is 1. The van der Waals surface area contributed by atoms with Crippen molar-refractivity contribution in [3.63, 3.8) is 0 Å². The molecule has 0 saturated heterocycles. The number of rotatable bonds is 4. The highest BCUT2D eigenvalue weighted by atomic mass is 79.9. The molecule has 1 amide bonds. The number of nitrogens with one attached hydrogen (secondary N) is 3. The maximum absolute atomic E-state index is 12.5. The van der Waals surface area contributed by atoms with Gasteiger partial charge in [0, 0.05) is 23.1 Å². The quantitative estimate of drug-likeness (QED) is 0.463. The molecular weight excluding hydrogens is 414 g/mol. The summed E-state index contributed by atoms with van der Waals surface area (Å²) in [7, 11) is 0. The third kappa shape index (κ3) is 3.54. The Balaban J connectivity index is 1.48. The van der Waals surface area contributed by atoms with Gasteiger partial charge in [0.15, 0.2) is 0 Å². The Morgan fingerprint density at radius 3 is 2.78 bits per heavy atom. The summed E-state index contributed by atoms with van der Waals surface area (Å²) in [5.41, 5.74) is 1.95. The van der Waals surface area contributed by atoms with Crippen LogP contribution in [0.4, 0.5) is 5.69 Å². The first kappa shape index (κ1) is 17.2. The molecule has 2 aromatic carbocycles. The van der Waals surface area contributed by atoms with Crippen molar-refractivity contribution in [1.82, 2.24) is 19.5 Å². The van der Waals surface area contributed by atoms with E-state index in [9.17, 15) is 14.4 Å². The largest absolute Gasteiger partial charge is 0.326 e. The zero-order valence-electron chi connectivity index (χ0n) is 14.0. The Kier molecular flexibility index (Phi) is 4.36. The number of H-pyrrole nitrogens is 2. The number of nitrogens with zero attached hydrogens (tertiary/aromatic N) is 2. The van der Waals surface area contributed by atoms with E-state index in [1.165, 1.54) is 10.9 Å². The van der Waals surface area contributed by atoms with Gasteiger partial charge >= 0.3 is 5.69 Å². The van der Waals surface area contributed by atoms with Gasteiger partial charge in [-0.3, -0.25) is 14.2 Å². The van der Waals surface area contributed by atoms with E-state index in [-0.39, 0.29) is 30.1 Å². The normalized spacial score (nSPS) is 11.1. The number of carbonyl (C=O) groups excluding carboxylic acids is 1. The molecule has 3 N–H and O–H groups in total. The minimum Gasteiger partial charge on any atom is -0.326 e. The molecule has 0 atom stereocenters. The minimum absolute atomic E-state index is 0.114. The van der Waals surface area contributed by atoms with Crippen LogP contribution in [0, 0.1) is 0 Å². The minimum atomic E-state index is -0.303. The number of fused-ring (bicyclic) bond motifs is 2. The van der Waals surface area contributed by atoms with Gasteiger partial charge < -0.3 is 15.3 Å². The van der Waals surface area contributed by atoms with Gasteiger partial charge in [-0.2, -0.15) is 0 Å². The average Bonchev–Trinajstić information content (AvgIpc) is 3.01. The highest BCUT2D eigenvalue weighted by molar-refractivity contribution is 9.10. The molecule has 0 aliphatic carbocycles. The van der Waals surface area contributed by atoms with Crippen molar-refractivity contribution in [3.05, 3.63) is 68.0 Å². The Labute approximate surface area is 160 Å². The lowest BCUT2D eigenvalue weighted by Crippen LogP contribution is -2.23. The summed E-state index contributed by atoms with van der Waals surface area (Å²) in [5, 5.41) is 3.26. The monoisotopic (exact) mass is 427 g/mol. The fourth-order valence-electron chi connectivity index (χ4n) is 2.85. The highest BCUT2D eigenvalue weighted by Gasteiger charge is 2.08. The van der Waals surface area contributed by atoms with E-state index in [4.69, 9.17) is 0 Å². The molecule has 0 saturated carbocycles. The average molecular weight is 428 g/mol. The van der Waals surface area contributed by atoms with E-state index in [0.29, 0.717) is 27.6 Å². The molecule has 0 unspecified atom stereocenters. The number of anilines is 1. The lowest BCUT2D eigenvalue weighted by molar-refractivity contribution is -0.116. The second kappa shape index (κ2) is 6.84. The van der Waals surface area contributed by atoms with Crippen molar-refractivity contribution in [2.45, 2.75) is 13.0 Å². The van der Waals surface area contributed by atoms with Gasteiger partial charge in [0.1, 0.15) is 0 Å². The van der Waals surface area contributed by atoms with Crippen LogP contribution in [0.1, 0.15) is 6.42 Å². The molecule has 9 heteroatoms. The molecule has 2 heterocycles. The molecule has 4 rings (SSSR count). The van der Waals surface area contributed by atoms with Gasteiger partial charge in [-0.05, 0) is 36.4 Å². The van der Waals surface area contributed by atoms with E-state index >= 15 is 0 Å². The third-order valence-corrected chi connectivity index (χ3v) is 4.66. The van der Waals surface area contributed by atoms with Crippen molar-refractivity contribution in [1.29, 1.82) is 0 Å². The van der Waals surface area contributed by atoms with Crippen LogP contribution >= 0.6 is 15.9 Å². The van der Waals surface area contributed by atoms with Crippen molar-refractivity contribution >= 4 is 49.5 Å². The first-order valence-electron chi connectivity index (χ1n) is 8.16. The summed E-state index contributed by atoms with van der Waals surface area (Å²) in [6.07, 6.45) is 1.56. The number of hydrogen-bond acceptors (Lipinski definition) is 4. The van der Waals surface area contributed by atoms with Crippen molar-refractivity contribution < 1.29 is 4.79 Å². The molecule has 27 heavy (non-hydrogen) atoms. The van der Waals surface area contributed by atoms with Crippen molar-refractivity contribution in [2.24, 2.45) is 0 Å². The van der Waals surface area contributed by atoms with Gasteiger partial charge in [-0.15, -0.1) is 0 Å². The SMILES string of the molecule is O=C(CCn1cnc2ccc(Br)cc2c1=O)Nc1ccc2[nH]c(=O)[nH]c2c1. The molecule has 4 aromatic rings. The molecule has 0 spiro atoms. The van der Waals surface area contributed by atoms with E-state index in [1.54, 1.807) is 30.3 Å². The zero-order chi connectivity index (χ0) is 19.0. The summed E-state index contributed by atoms with van der Waals surface area (Å²) < 4.78 is 2.21. The lowest BCUT2D eigenvalue weighted by atomic mass is 10.2. The number of halogens is 1. The third-order valence-electron chi connectivity index (χ3n) is 4.17. The summed E-state index contributed by atoms with van der Waals surface area (Å²) in [6, 6.07) is 10.4. The Morgan fingerprint density at radius 2 is 1.93 bits per heavy atom. The van der Waals surface area contributed by atoms with Crippen LogP contribution < -0.4 is 16.6 Å². The summed E-state index contributed by atoms with van der Waals surface area (Å²) in [5.74, 6) is -0.242. The molecule has 0 aliphatic heterocycles. The van der Waals surface area contributed by atoms with Crippen LogP contribution in [0.15, 0.2) is 56.8 Å². The van der Waals surface area contributed by atoms with Crippen LogP contribution in [-0.4, -0.2) is 25.4 Å². The Morgan fingerprint density at radius 1 is 1.11 bits per heavy atom. The fraction of sp³-hybridized carbons (Fsp3) is 0.111. The molecule has 0 bridgehead atoms. The van der Waals surface area contributed by atoms with Gasteiger partial charge in [-0.1, -0.05) is 15.9 Å². The highest BCUT2D eigenvalue weighted by Crippen LogP contribution is 2.16. The van der Waals surface area contributed by atoms with Crippen molar-refractivity contribution in [3.8, 4) is 0 Å². The first-order valence-corrected chi connectivity index (χ1v) is 8.95. The number of benzene rings is 2. The van der Waals surface area contributed by atoms with Crippen molar-refractivity contribution in [2.75, 3.05) is 5.32 Å². The molecule has 0 aliphatic rings. The van der Waals surface area contributed by atoms with Crippen LogP contribution in [-0.2, 0) is 11.3 Å². The summed E-state index contributed by atoms with van der Waals surface area (Å²) in [6.45, 7) is 0.212. The maximum Gasteiger partial charge on any atom is 0.323 e. The predicted octanol–water partition coefficient (Wildman–Crippen LogP) is 2.36. The van der Waals surface area contributed by atoms with Gasteiger partial charge in [-0.25, -0.2) is 9.78 Å². The van der Waals surface area contributed by atoms with Crippen LogP contribution in [0.5, 0.6) is 0 Å². The van der Waals surface area contributed by atoms with E-state index in [1.807, 2.05) is 6.07 Å². The topological polar surface area (TPSA) is 113 Å². The number of imidazole rings is 1.